The largest absolute Gasteiger partial charge is 0.0625 e. The van der Waals surface area contributed by atoms with Crippen LogP contribution in [0.4, 0.5) is 0 Å². The minimum absolute atomic E-state index is 0.927. The fourth-order valence-corrected chi connectivity index (χ4v) is 5.63. The molecule has 3 rings (SSSR count). The molecule has 6 atom stereocenters. The van der Waals surface area contributed by atoms with E-state index in [4.69, 9.17) is 0 Å². The number of hydrogen-bond acceptors (Lipinski definition) is 0. The lowest BCUT2D eigenvalue weighted by Gasteiger charge is -2.36. The molecule has 3 saturated carbocycles. The van der Waals surface area contributed by atoms with Crippen LogP contribution in [0.3, 0.4) is 0 Å². The Morgan fingerprint density at radius 3 is 1.33 bits per heavy atom. The van der Waals surface area contributed by atoms with Gasteiger partial charge in [-0.3, -0.25) is 0 Å². The molecule has 3 aliphatic rings. The van der Waals surface area contributed by atoms with Crippen molar-refractivity contribution >= 4 is 0 Å². The molecule has 0 N–H and O–H groups in total. The van der Waals surface area contributed by atoms with Crippen molar-refractivity contribution in [3.63, 3.8) is 0 Å². The first-order valence-electron chi connectivity index (χ1n) is 8.56. The van der Waals surface area contributed by atoms with Crippen molar-refractivity contribution in [2.45, 2.75) is 66.2 Å². The van der Waals surface area contributed by atoms with Gasteiger partial charge in [-0.1, -0.05) is 27.7 Å². The maximum Gasteiger partial charge on any atom is -0.0352 e. The van der Waals surface area contributed by atoms with E-state index in [1.807, 2.05) is 0 Å². The lowest BCUT2D eigenvalue weighted by Crippen LogP contribution is -2.28. The topological polar surface area (TPSA) is 0 Å². The normalized spacial score (nSPS) is 47.7. The Bertz CT molecular complexity index is 260. The second-order valence-electron chi connectivity index (χ2n) is 8.38. The highest BCUT2D eigenvalue weighted by atomic mass is 14.5. The Hall–Kier alpha value is 0. The fourth-order valence-electron chi connectivity index (χ4n) is 5.63. The SMILES string of the molecule is CC(C)C1CC2CCC3CC(C(C)C)CC3C2C1. The molecular formula is C18H32. The Morgan fingerprint density at radius 1 is 0.611 bits per heavy atom. The monoisotopic (exact) mass is 248 g/mol. The van der Waals surface area contributed by atoms with Crippen LogP contribution in [-0.2, 0) is 0 Å². The summed E-state index contributed by atoms with van der Waals surface area (Å²) in [7, 11) is 0. The second-order valence-corrected chi connectivity index (χ2v) is 8.38. The van der Waals surface area contributed by atoms with Crippen molar-refractivity contribution in [1.29, 1.82) is 0 Å². The van der Waals surface area contributed by atoms with Crippen LogP contribution in [-0.4, -0.2) is 0 Å². The Labute approximate surface area is 114 Å². The minimum atomic E-state index is 0.927. The molecule has 0 aromatic rings. The molecule has 0 aromatic heterocycles. The van der Waals surface area contributed by atoms with E-state index in [1.165, 1.54) is 0 Å². The molecule has 0 spiro atoms. The third-order valence-electron chi connectivity index (χ3n) is 6.92. The van der Waals surface area contributed by atoms with Crippen LogP contribution in [0.25, 0.3) is 0 Å². The summed E-state index contributed by atoms with van der Waals surface area (Å²) in [4.78, 5) is 0. The van der Waals surface area contributed by atoms with Crippen molar-refractivity contribution in [3.05, 3.63) is 0 Å². The Morgan fingerprint density at radius 2 is 1.00 bits per heavy atom. The maximum absolute atomic E-state index is 2.45. The van der Waals surface area contributed by atoms with Gasteiger partial charge in [0.2, 0.25) is 0 Å². The maximum atomic E-state index is 2.45. The summed E-state index contributed by atoms with van der Waals surface area (Å²) in [5.74, 6) is 8.44. The fraction of sp³-hybridized carbons (Fsp3) is 1.00. The summed E-state index contributed by atoms with van der Waals surface area (Å²) in [6, 6.07) is 0. The molecule has 3 fully saturated rings. The summed E-state index contributed by atoms with van der Waals surface area (Å²) < 4.78 is 0. The molecule has 6 unspecified atom stereocenters. The lowest BCUT2D eigenvalue weighted by molar-refractivity contribution is 0.135. The standard InChI is InChI=1S/C18H32/c1-11(2)15-7-13-5-6-14-8-16(12(3)4)10-18(14)17(13)9-15/h11-18H,5-10H2,1-4H3. The summed E-state index contributed by atoms with van der Waals surface area (Å²) >= 11 is 0. The van der Waals surface area contributed by atoms with Crippen molar-refractivity contribution in [1.82, 2.24) is 0 Å². The molecule has 104 valence electrons. The number of rotatable bonds is 2. The highest BCUT2D eigenvalue weighted by Gasteiger charge is 2.49. The molecule has 0 nitrogen and oxygen atoms in total. The third kappa shape index (κ3) is 2.14. The summed E-state index contributed by atoms with van der Waals surface area (Å²) in [6.45, 7) is 9.80. The van der Waals surface area contributed by atoms with Gasteiger partial charge < -0.3 is 0 Å². The summed E-state index contributed by atoms with van der Waals surface area (Å²) in [5, 5.41) is 0. The van der Waals surface area contributed by atoms with Gasteiger partial charge in [-0.25, -0.2) is 0 Å². The molecule has 0 heteroatoms. The van der Waals surface area contributed by atoms with Crippen molar-refractivity contribution in [3.8, 4) is 0 Å². The van der Waals surface area contributed by atoms with E-state index in [-0.39, 0.29) is 0 Å². The van der Waals surface area contributed by atoms with Crippen LogP contribution in [0.15, 0.2) is 0 Å². The first-order valence-corrected chi connectivity index (χ1v) is 8.56. The zero-order chi connectivity index (χ0) is 12.9. The van der Waals surface area contributed by atoms with Crippen LogP contribution in [0.5, 0.6) is 0 Å². The van der Waals surface area contributed by atoms with Crippen LogP contribution < -0.4 is 0 Å². The van der Waals surface area contributed by atoms with E-state index in [0.717, 1.165) is 47.3 Å². The molecule has 0 bridgehead atoms. The molecular weight excluding hydrogens is 216 g/mol. The van der Waals surface area contributed by atoms with E-state index in [2.05, 4.69) is 27.7 Å². The molecule has 3 aliphatic carbocycles. The Balaban J connectivity index is 1.70. The minimum Gasteiger partial charge on any atom is -0.0625 e. The lowest BCUT2D eigenvalue weighted by atomic mass is 9.69. The van der Waals surface area contributed by atoms with E-state index in [9.17, 15) is 0 Å². The van der Waals surface area contributed by atoms with Crippen LogP contribution in [0.1, 0.15) is 66.2 Å². The van der Waals surface area contributed by atoms with Crippen molar-refractivity contribution in [2.75, 3.05) is 0 Å². The summed E-state index contributed by atoms with van der Waals surface area (Å²) in [5.41, 5.74) is 0. The molecule has 0 aliphatic heterocycles. The van der Waals surface area contributed by atoms with Gasteiger partial charge in [0.05, 0.1) is 0 Å². The first kappa shape index (κ1) is 13.0. The van der Waals surface area contributed by atoms with E-state index < -0.39 is 0 Å². The van der Waals surface area contributed by atoms with Crippen molar-refractivity contribution in [2.24, 2.45) is 47.3 Å². The van der Waals surface area contributed by atoms with E-state index in [0.29, 0.717) is 0 Å². The predicted octanol–water partition coefficient (Wildman–Crippen LogP) is 5.38. The molecule has 18 heavy (non-hydrogen) atoms. The zero-order valence-corrected chi connectivity index (χ0v) is 12.9. The van der Waals surface area contributed by atoms with E-state index in [1.54, 1.807) is 38.5 Å². The Kier molecular flexibility index (Phi) is 3.49. The molecule has 0 saturated heterocycles. The smallest absolute Gasteiger partial charge is 0.0352 e. The zero-order valence-electron chi connectivity index (χ0n) is 12.9. The van der Waals surface area contributed by atoms with Gasteiger partial charge in [-0.15, -0.1) is 0 Å². The third-order valence-corrected chi connectivity index (χ3v) is 6.92. The van der Waals surface area contributed by atoms with Crippen LogP contribution in [0, 0.1) is 47.3 Å². The van der Waals surface area contributed by atoms with Gasteiger partial charge >= 0.3 is 0 Å². The van der Waals surface area contributed by atoms with Crippen LogP contribution >= 0.6 is 0 Å². The molecule has 0 heterocycles. The highest BCUT2D eigenvalue weighted by Crippen LogP contribution is 2.58. The van der Waals surface area contributed by atoms with Gasteiger partial charge in [-0.05, 0) is 85.9 Å². The quantitative estimate of drug-likeness (QED) is 0.615. The summed E-state index contributed by atoms with van der Waals surface area (Å²) in [6.07, 6.45) is 9.43. The van der Waals surface area contributed by atoms with Gasteiger partial charge in [0.25, 0.3) is 0 Å². The molecule has 0 radical (unpaired) electrons. The number of hydrogen-bond donors (Lipinski definition) is 0. The first-order chi connectivity index (χ1) is 8.56. The molecule has 0 aromatic carbocycles. The average molecular weight is 248 g/mol. The average Bonchev–Trinajstić information content (AvgIpc) is 2.91. The van der Waals surface area contributed by atoms with E-state index >= 15 is 0 Å². The molecule has 0 amide bonds. The van der Waals surface area contributed by atoms with Gasteiger partial charge in [-0.2, -0.15) is 0 Å². The van der Waals surface area contributed by atoms with Gasteiger partial charge in [0, 0.05) is 0 Å². The van der Waals surface area contributed by atoms with Gasteiger partial charge in [0.1, 0.15) is 0 Å². The van der Waals surface area contributed by atoms with Gasteiger partial charge in [0.15, 0.2) is 0 Å². The second kappa shape index (κ2) is 4.84. The van der Waals surface area contributed by atoms with Crippen LogP contribution in [0.2, 0.25) is 0 Å². The highest BCUT2D eigenvalue weighted by molar-refractivity contribution is 4.98. The van der Waals surface area contributed by atoms with Crippen molar-refractivity contribution < 1.29 is 0 Å². The predicted molar refractivity (Wildman–Crippen MR) is 78.3 cm³/mol. The number of fused-ring (bicyclic) bond motifs is 3.